The number of halogens is 3. The van der Waals surface area contributed by atoms with E-state index in [1.165, 1.54) is 0 Å². The molecule has 1 saturated carbocycles. The van der Waals surface area contributed by atoms with E-state index in [0.29, 0.717) is 21.5 Å². The second-order valence-corrected chi connectivity index (χ2v) is 12.2. The summed E-state index contributed by atoms with van der Waals surface area (Å²) in [4.78, 5) is 7.73. The molecule has 12 heteroatoms. The molecule has 1 saturated heterocycles. The number of imidazole rings is 1. The topological polar surface area (TPSA) is 78.6 Å². The maximum absolute atomic E-state index is 13.1. The molecule has 0 unspecified atom stereocenters. The summed E-state index contributed by atoms with van der Waals surface area (Å²) in [6, 6.07) is 2.10. The van der Waals surface area contributed by atoms with Crippen molar-refractivity contribution >= 4 is 46.1 Å². The van der Waals surface area contributed by atoms with E-state index < -0.39 is 12.0 Å². The van der Waals surface area contributed by atoms with Crippen molar-refractivity contribution in [2.75, 3.05) is 18.0 Å². The number of aromatic nitrogens is 4. The fourth-order valence-electron chi connectivity index (χ4n) is 4.29. The van der Waals surface area contributed by atoms with Crippen molar-refractivity contribution in [3.05, 3.63) is 22.4 Å². The standard InChI is InChI=1S/C22H27ClF2N6OS2/c1-21(2,32)12-4-8-30(9-5-12)14-10-13(34-29-22(3)6-7-22)11-31-15(14)16(23)26-18(31)20-28-27-19(33-20)17(24)25/h10-12,17,29,32H,4-9H2,1-3H3. The van der Waals surface area contributed by atoms with Crippen LogP contribution in [0, 0.1) is 5.92 Å². The maximum Gasteiger partial charge on any atom is 0.291 e. The van der Waals surface area contributed by atoms with Gasteiger partial charge in [0.05, 0.1) is 11.3 Å². The molecule has 2 fully saturated rings. The van der Waals surface area contributed by atoms with Gasteiger partial charge >= 0.3 is 0 Å². The Morgan fingerprint density at radius 2 is 2.00 bits per heavy atom. The van der Waals surface area contributed by atoms with Gasteiger partial charge in [0.25, 0.3) is 6.43 Å². The van der Waals surface area contributed by atoms with Crippen molar-refractivity contribution in [3.8, 4) is 10.8 Å². The molecule has 2 aliphatic rings. The fraction of sp³-hybridized carbons (Fsp3) is 0.591. The largest absolute Gasteiger partial charge is 0.390 e. The second kappa shape index (κ2) is 8.85. The number of anilines is 1. The molecule has 3 aromatic rings. The van der Waals surface area contributed by atoms with Crippen molar-refractivity contribution in [3.63, 3.8) is 0 Å². The summed E-state index contributed by atoms with van der Waals surface area (Å²) < 4.78 is 31.6. The summed E-state index contributed by atoms with van der Waals surface area (Å²) in [5.74, 6) is 0.621. The van der Waals surface area contributed by atoms with E-state index >= 15 is 0 Å². The van der Waals surface area contributed by atoms with Crippen LogP contribution in [-0.2, 0) is 0 Å². The third-order valence-electron chi connectivity index (χ3n) is 6.72. The normalized spacial score (nSPS) is 18.9. The number of hydrogen-bond acceptors (Lipinski definition) is 8. The third kappa shape index (κ3) is 4.77. The number of aliphatic hydroxyl groups is 1. The number of rotatable bonds is 7. The lowest BCUT2D eigenvalue weighted by molar-refractivity contribution is 0.00653. The Bertz CT molecular complexity index is 1200. The molecule has 4 heterocycles. The average molecular weight is 529 g/mol. The van der Waals surface area contributed by atoms with Crippen LogP contribution in [0.1, 0.15) is 57.9 Å². The van der Waals surface area contributed by atoms with E-state index in [1.807, 2.05) is 24.4 Å². The van der Waals surface area contributed by atoms with Gasteiger partial charge in [0.1, 0.15) is 5.52 Å². The predicted molar refractivity (Wildman–Crippen MR) is 132 cm³/mol. The highest BCUT2D eigenvalue weighted by Crippen LogP contribution is 2.41. The zero-order chi connectivity index (χ0) is 24.3. The minimum absolute atomic E-state index is 0.131. The lowest BCUT2D eigenvalue weighted by Crippen LogP contribution is -2.42. The minimum atomic E-state index is -2.69. The van der Waals surface area contributed by atoms with Crippen LogP contribution in [0.4, 0.5) is 14.5 Å². The first-order valence-corrected chi connectivity index (χ1v) is 13.3. The maximum atomic E-state index is 13.1. The summed E-state index contributed by atoms with van der Waals surface area (Å²) >= 11 is 8.99. The summed E-state index contributed by atoms with van der Waals surface area (Å²) in [7, 11) is 0. The number of nitrogens with one attached hydrogen (secondary N) is 1. The van der Waals surface area contributed by atoms with Gasteiger partial charge in [-0.2, -0.15) is 0 Å². The predicted octanol–water partition coefficient (Wildman–Crippen LogP) is 5.58. The first-order chi connectivity index (χ1) is 16.0. The molecule has 0 bridgehead atoms. The van der Waals surface area contributed by atoms with Gasteiger partial charge in [-0.1, -0.05) is 22.9 Å². The molecule has 5 rings (SSSR count). The van der Waals surface area contributed by atoms with Crippen molar-refractivity contribution in [2.24, 2.45) is 5.92 Å². The first-order valence-electron chi connectivity index (χ1n) is 11.3. The molecule has 1 aliphatic heterocycles. The molecule has 3 aromatic heterocycles. The second-order valence-electron chi connectivity index (χ2n) is 9.93. The van der Waals surface area contributed by atoms with E-state index in [2.05, 4.69) is 37.8 Å². The number of pyridine rings is 1. The van der Waals surface area contributed by atoms with Crippen molar-refractivity contribution < 1.29 is 13.9 Å². The molecule has 0 spiro atoms. The van der Waals surface area contributed by atoms with Crippen molar-refractivity contribution in [1.29, 1.82) is 0 Å². The zero-order valence-corrected chi connectivity index (χ0v) is 21.6. The van der Waals surface area contributed by atoms with Crippen molar-refractivity contribution in [1.82, 2.24) is 24.3 Å². The molecular weight excluding hydrogens is 502 g/mol. The Kier molecular flexibility index (Phi) is 6.29. The van der Waals surface area contributed by atoms with Crippen LogP contribution in [0.15, 0.2) is 17.2 Å². The van der Waals surface area contributed by atoms with E-state index in [1.54, 1.807) is 11.9 Å². The van der Waals surface area contributed by atoms with Gasteiger partial charge in [0.15, 0.2) is 21.0 Å². The van der Waals surface area contributed by atoms with Gasteiger partial charge in [0, 0.05) is 29.7 Å². The van der Waals surface area contributed by atoms with E-state index in [-0.39, 0.29) is 16.5 Å². The molecule has 0 radical (unpaired) electrons. The van der Waals surface area contributed by atoms with Crippen molar-refractivity contribution in [2.45, 2.75) is 68.9 Å². The number of alkyl halides is 2. The van der Waals surface area contributed by atoms with Crippen LogP contribution in [-0.4, -0.2) is 48.9 Å². The SMILES string of the molecule is CC1(NSc2cc(N3CCC(C(C)(C)O)CC3)c3c(Cl)nc(-c4nnc(C(F)F)s4)n3c2)CC1. The Morgan fingerprint density at radius 1 is 1.29 bits per heavy atom. The third-order valence-corrected chi connectivity index (χ3v) is 8.96. The van der Waals surface area contributed by atoms with Gasteiger partial charge in [-0.25, -0.2) is 13.8 Å². The van der Waals surface area contributed by atoms with Gasteiger partial charge < -0.3 is 10.0 Å². The molecule has 0 amide bonds. The molecule has 2 N–H and O–H groups in total. The quantitative estimate of drug-likeness (QED) is 0.387. The monoisotopic (exact) mass is 528 g/mol. The summed E-state index contributed by atoms with van der Waals surface area (Å²) in [5.41, 5.74) is 1.06. The number of hydrogen-bond donors (Lipinski definition) is 2. The molecule has 34 heavy (non-hydrogen) atoms. The Labute approximate surface area is 210 Å². The number of piperidine rings is 1. The smallest absolute Gasteiger partial charge is 0.291 e. The first kappa shape index (κ1) is 24.2. The number of nitrogens with zero attached hydrogens (tertiary/aromatic N) is 5. The highest BCUT2D eigenvalue weighted by Gasteiger charge is 2.37. The fourth-order valence-corrected chi connectivity index (χ4v) is 6.14. The van der Waals surface area contributed by atoms with E-state index in [9.17, 15) is 13.9 Å². The highest BCUT2D eigenvalue weighted by molar-refractivity contribution is 7.97. The molecule has 0 atom stereocenters. The molecule has 7 nitrogen and oxygen atoms in total. The lowest BCUT2D eigenvalue weighted by atomic mass is 9.83. The molecule has 184 valence electrons. The van der Waals surface area contributed by atoms with Gasteiger partial charge in [-0.15, -0.1) is 10.2 Å². The van der Waals surface area contributed by atoms with Crippen LogP contribution >= 0.6 is 34.9 Å². The van der Waals surface area contributed by atoms with Crippen LogP contribution in [0.25, 0.3) is 16.3 Å². The van der Waals surface area contributed by atoms with E-state index in [0.717, 1.165) is 60.7 Å². The molecule has 1 aliphatic carbocycles. The molecule has 0 aromatic carbocycles. The summed E-state index contributed by atoms with van der Waals surface area (Å²) in [6.45, 7) is 7.46. The zero-order valence-electron chi connectivity index (χ0n) is 19.2. The van der Waals surface area contributed by atoms with Gasteiger partial charge in [0.2, 0.25) is 0 Å². The highest BCUT2D eigenvalue weighted by atomic mass is 35.5. The van der Waals surface area contributed by atoms with Crippen LogP contribution in [0.5, 0.6) is 0 Å². The van der Waals surface area contributed by atoms with E-state index in [4.69, 9.17) is 11.6 Å². The molecular formula is C22H27ClF2N6OS2. The van der Waals surface area contributed by atoms with Crippen LogP contribution < -0.4 is 9.62 Å². The average Bonchev–Trinajstić information content (AvgIpc) is 3.19. The Balaban J connectivity index is 1.55. The Hall–Kier alpha value is -1.53. The van der Waals surface area contributed by atoms with Crippen LogP contribution in [0.3, 0.4) is 0 Å². The van der Waals surface area contributed by atoms with Gasteiger partial charge in [-0.05, 0) is 70.4 Å². The minimum Gasteiger partial charge on any atom is -0.390 e. The number of fused-ring (bicyclic) bond motifs is 1. The lowest BCUT2D eigenvalue weighted by Gasteiger charge is -2.39. The van der Waals surface area contributed by atoms with Gasteiger partial charge in [-0.3, -0.25) is 9.12 Å². The van der Waals surface area contributed by atoms with Crippen LogP contribution in [0.2, 0.25) is 5.15 Å². The summed E-state index contributed by atoms with van der Waals surface area (Å²) in [5, 5.41) is 18.3. The Morgan fingerprint density at radius 3 is 2.59 bits per heavy atom. The summed E-state index contributed by atoms with van der Waals surface area (Å²) in [6.07, 6.45) is 3.21.